The Balaban J connectivity index is 1.74. The van der Waals surface area contributed by atoms with Crippen molar-refractivity contribution < 1.29 is 19.2 Å². The fourth-order valence-corrected chi connectivity index (χ4v) is 5.34. The van der Waals surface area contributed by atoms with Crippen molar-refractivity contribution in [3.63, 3.8) is 0 Å². The molecule has 0 saturated heterocycles. The van der Waals surface area contributed by atoms with Gasteiger partial charge in [0.1, 0.15) is 0 Å². The Labute approximate surface area is 239 Å². The topological polar surface area (TPSA) is 71.5 Å². The van der Waals surface area contributed by atoms with Crippen molar-refractivity contribution in [1.82, 2.24) is 0 Å². The molecule has 0 aliphatic rings. The van der Waals surface area contributed by atoms with E-state index in [0.717, 1.165) is 33.9 Å². The lowest BCUT2D eigenvalue weighted by molar-refractivity contribution is 0.100. The van der Waals surface area contributed by atoms with E-state index in [1.54, 1.807) is 49.9 Å². The summed E-state index contributed by atoms with van der Waals surface area (Å²) in [5.41, 5.74) is 7.15. The summed E-state index contributed by atoms with van der Waals surface area (Å²) in [5, 5.41) is 0. The van der Waals surface area contributed by atoms with Crippen LogP contribution in [-0.2, 0) is 11.5 Å². The van der Waals surface area contributed by atoms with Gasteiger partial charge in [-0.3, -0.25) is 19.2 Å². The van der Waals surface area contributed by atoms with Gasteiger partial charge in [-0.05, 0) is 93.4 Å². The van der Waals surface area contributed by atoms with E-state index in [4.69, 9.17) is 0 Å². The summed E-state index contributed by atoms with van der Waals surface area (Å²) in [7, 11) is 0. The average Bonchev–Trinajstić information content (AvgIpc) is 2.94. The zero-order valence-corrected chi connectivity index (χ0v) is 23.9. The first kappa shape index (κ1) is 28.7. The number of benzene rings is 4. The number of anilines is 3. The Morgan fingerprint density at radius 2 is 0.925 bits per heavy atom. The summed E-state index contributed by atoms with van der Waals surface area (Å²) in [5.74, 6) is 1.40. The van der Waals surface area contributed by atoms with Crippen LogP contribution in [0.2, 0.25) is 0 Å². The van der Waals surface area contributed by atoms with Gasteiger partial charge in [0.2, 0.25) is 0 Å². The first-order valence-corrected chi connectivity index (χ1v) is 14.1. The normalized spacial score (nSPS) is 10.7. The van der Waals surface area contributed by atoms with E-state index in [0.29, 0.717) is 28.0 Å². The fraction of sp³-hybridized carbons (Fsp3) is 0.176. The third-order valence-corrected chi connectivity index (χ3v) is 7.74. The Kier molecular flexibility index (Phi) is 9.12. The molecule has 6 heteroatoms. The summed E-state index contributed by atoms with van der Waals surface area (Å²) in [6.07, 6.45) is 0. The number of thioether (sulfide) groups is 1. The monoisotopic (exact) mass is 549 g/mol. The van der Waals surface area contributed by atoms with Crippen molar-refractivity contribution in [2.75, 3.05) is 4.90 Å². The first-order valence-electron chi connectivity index (χ1n) is 13.0. The van der Waals surface area contributed by atoms with Gasteiger partial charge in [-0.25, -0.2) is 0 Å². The Morgan fingerprint density at radius 1 is 0.525 bits per heavy atom. The predicted molar refractivity (Wildman–Crippen MR) is 163 cm³/mol. The maximum absolute atomic E-state index is 12.4. The van der Waals surface area contributed by atoms with Gasteiger partial charge in [0.25, 0.3) is 0 Å². The van der Waals surface area contributed by atoms with Crippen LogP contribution in [0.25, 0.3) is 0 Å². The molecule has 4 aromatic rings. The van der Waals surface area contributed by atoms with Gasteiger partial charge >= 0.3 is 0 Å². The summed E-state index contributed by atoms with van der Waals surface area (Å²) >= 11 is 1.74. The minimum atomic E-state index is -0.0372. The van der Waals surface area contributed by atoms with E-state index < -0.39 is 0 Å². The van der Waals surface area contributed by atoms with Crippen LogP contribution in [0.3, 0.4) is 0 Å². The van der Waals surface area contributed by atoms with Gasteiger partial charge in [-0.15, -0.1) is 0 Å². The van der Waals surface area contributed by atoms with E-state index >= 15 is 0 Å². The molecule has 0 aliphatic carbocycles. The maximum Gasteiger partial charge on any atom is 0.159 e. The first-order chi connectivity index (χ1) is 19.1. The van der Waals surface area contributed by atoms with Crippen molar-refractivity contribution in [1.29, 1.82) is 0 Å². The Hall–Kier alpha value is -4.29. The molecule has 0 fully saturated rings. The number of ketones is 4. The highest BCUT2D eigenvalue weighted by Crippen LogP contribution is 2.39. The molecule has 0 spiro atoms. The van der Waals surface area contributed by atoms with Gasteiger partial charge in [0.05, 0.1) is 5.69 Å². The van der Waals surface area contributed by atoms with Gasteiger partial charge in [-0.1, -0.05) is 36.4 Å². The van der Waals surface area contributed by atoms with E-state index in [1.165, 1.54) is 13.8 Å². The zero-order valence-electron chi connectivity index (χ0n) is 23.1. The molecule has 40 heavy (non-hydrogen) atoms. The number of nitrogens with zero attached hydrogens (tertiary/aromatic N) is 1. The second-order valence-corrected chi connectivity index (χ2v) is 10.7. The number of hydrogen-bond donors (Lipinski definition) is 0. The molecular weight excluding hydrogens is 518 g/mol. The average molecular weight is 550 g/mol. The van der Waals surface area contributed by atoms with Crippen molar-refractivity contribution in [3.05, 3.63) is 124 Å². The fourth-order valence-electron chi connectivity index (χ4n) is 4.35. The molecular formula is C34H31NO4S. The smallest absolute Gasteiger partial charge is 0.159 e. The van der Waals surface area contributed by atoms with Gasteiger partial charge in [-0.2, -0.15) is 11.8 Å². The van der Waals surface area contributed by atoms with E-state index in [-0.39, 0.29) is 23.1 Å². The lowest BCUT2D eigenvalue weighted by atomic mass is 10.0. The van der Waals surface area contributed by atoms with Crippen molar-refractivity contribution in [2.45, 2.75) is 39.2 Å². The van der Waals surface area contributed by atoms with Crippen molar-refractivity contribution >= 4 is 52.0 Å². The second-order valence-electron chi connectivity index (χ2n) is 9.69. The molecule has 0 saturated carbocycles. The van der Waals surface area contributed by atoms with Gasteiger partial charge < -0.3 is 4.90 Å². The van der Waals surface area contributed by atoms with Crippen molar-refractivity contribution in [3.8, 4) is 0 Å². The molecule has 0 unspecified atom stereocenters. The molecule has 0 radical (unpaired) electrons. The van der Waals surface area contributed by atoms with Crippen LogP contribution in [-0.4, -0.2) is 23.1 Å². The zero-order chi connectivity index (χ0) is 28.8. The standard InChI is InChI=1S/C34H31NO4S/c1-22(36)27-7-5-26(6-8-27)20-40-21-31-10-9-30(25(4)39)19-34(31)35(32-15-11-28(12-16-32)23(2)37)33-17-13-29(14-18-33)24(3)38/h5-19H,20-21H2,1-4H3. The molecule has 4 aromatic carbocycles. The van der Waals surface area contributed by atoms with Crippen LogP contribution in [0, 0.1) is 0 Å². The minimum Gasteiger partial charge on any atom is -0.310 e. The van der Waals surface area contributed by atoms with Gasteiger partial charge in [0, 0.05) is 45.1 Å². The van der Waals surface area contributed by atoms with E-state index in [9.17, 15) is 19.2 Å². The highest BCUT2D eigenvalue weighted by atomic mass is 32.2. The third-order valence-electron chi connectivity index (χ3n) is 6.68. The van der Waals surface area contributed by atoms with Crippen molar-refractivity contribution in [2.24, 2.45) is 0 Å². The molecule has 4 rings (SSSR count). The maximum atomic E-state index is 12.4. The van der Waals surface area contributed by atoms with E-state index in [2.05, 4.69) is 4.90 Å². The van der Waals surface area contributed by atoms with Crippen LogP contribution in [0.5, 0.6) is 0 Å². The number of carbonyl (C=O) groups is 4. The largest absolute Gasteiger partial charge is 0.310 e. The number of hydrogen-bond acceptors (Lipinski definition) is 6. The number of carbonyl (C=O) groups excluding carboxylic acids is 4. The quantitative estimate of drug-likeness (QED) is 0.175. The van der Waals surface area contributed by atoms with Crippen LogP contribution < -0.4 is 4.90 Å². The summed E-state index contributed by atoms with van der Waals surface area (Å²) in [4.78, 5) is 49.9. The van der Waals surface area contributed by atoms with Crippen LogP contribution in [0.1, 0.15) is 80.3 Å². The van der Waals surface area contributed by atoms with Crippen LogP contribution in [0.4, 0.5) is 17.1 Å². The molecule has 0 bridgehead atoms. The molecule has 0 aliphatic heterocycles. The molecule has 0 amide bonds. The van der Waals surface area contributed by atoms with E-state index in [1.807, 2.05) is 66.7 Å². The van der Waals surface area contributed by atoms with Gasteiger partial charge in [0.15, 0.2) is 23.1 Å². The molecule has 0 atom stereocenters. The predicted octanol–water partition coefficient (Wildman–Crippen LogP) is 8.40. The summed E-state index contributed by atoms with van der Waals surface area (Å²) in [6.45, 7) is 6.17. The lowest BCUT2D eigenvalue weighted by Gasteiger charge is -2.28. The minimum absolute atomic E-state index is 0.0177. The van der Waals surface area contributed by atoms with Crippen LogP contribution >= 0.6 is 11.8 Å². The SMILES string of the molecule is CC(=O)c1ccc(CSCc2ccc(C(C)=O)cc2N(c2ccc(C(C)=O)cc2)c2ccc(C(C)=O)cc2)cc1. The molecule has 0 aromatic heterocycles. The third kappa shape index (κ3) is 6.82. The Bertz CT molecular complexity index is 1500. The molecule has 0 N–H and O–H groups in total. The molecule has 0 heterocycles. The summed E-state index contributed by atoms with van der Waals surface area (Å²) in [6, 6.07) is 28.1. The molecule has 202 valence electrons. The number of Topliss-reactive ketones (excluding diaryl/α,β-unsaturated/α-hetero) is 4. The highest BCUT2D eigenvalue weighted by Gasteiger charge is 2.19. The highest BCUT2D eigenvalue weighted by molar-refractivity contribution is 7.97. The second kappa shape index (κ2) is 12.7. The molecule has 5 nitrogen and oxygen atoms in total. The summed E-state index contributed by atoms with van der Waals surface area (Å²) < 4.78 is 0. The Morgan fingerprint density at radius 3 is 1.35 bits per heavy atom. The lowest BCUT2D eigenvalue weighted by Crippen LogP contribution is -2.13. The number of rotatable bonds is 11. The van der Waals surface area contributed by atoms with Crippen LogP contribution in [0.15, 0.2) is 91.0 Å².